The predicted octanol–water partition coefficient (Wildman–Crippen LogP) is 15.7. The zero-order chi connectivity index (χ0) is 46.0. The number of hydrogen-bond acceptors (Lipinski definition) is 4. The molecular weight excluding hydrogens is 925 g/mol. The van der Waals surface area contributed by atoms with E-state index in [4.69, 9.17) is 9.72 Å². The van der Waals surface area contributed by atoms with Gasteiger partial charge in [-0.15, -0.1) is 42.7 Å². The molecule has 1 aliphatic heterocycles. The van der Waals surface area contributed by atoms with E-state index in [0.29, 0.717) is 11.5 Å². The van der Waals surface area contributed by atoms with E-state index in [1.807, 2.05) is 30.5 Å². The van der Waals surface area contributed by atoms with Gasteiger partial charge in [-0.2, -0.15) is 12.1 Å². The zero-order valence-corrected chi connectivity index (χ0v) is 40.9. The van der Waals surface area contributed by atoms with Crippen molar-refractivity contribution in [1.82, 2.24) is 14.1 Å². The summed E-state index contributed by atoms with van der Waals surface area (Å²) in [6.45, 7) is 17.9. The van der Waals surface area contributed by atoms with Crippen LogP contribution in [0.15, 0.2) is 182 Å². The Kier molecular flexibility index (Phi) is 11.5. The Bertz CT molecular complexity index is 3470. The van der Waals surface area contributed by atoms with Crippen LogP contribution >= 0.6 is 0 Å². The number of benzene rings is 7. The van der Waals surface area contributed by atoms with Crippen molar-refractivity contribution in [3.05, 3.63) is 218 Å². The van der Waals surface area contributed by atoms with Crippen LogP contribution in [0.4, 0.5) is 11.4 Å². The second-order valence-electron chi connectivity index (χ2n) is 19.6. The van der Waals surface area contributed by atoms with Crippen molar-refractivity contribution in [2.75, 3.05) is 9.80 Å². The molecule has 4 heterocycles. The molecule has 0 saturated heterocycles. The Hall–Kier alpha value is -7.17. The van der Waals surface area contributed by atoms with Crippen molar-refractivity contribution in [3.8, 4) is 45.3 Å². The summed E-state index contributed by atoms with van der Waals surface area (Å²) in [4.78, 5) is 9.49. The smallest absolute Gasteiger partial charge is 0.135 e. The maximum Gasteiger partial charge on any atom is 0.135 e. The number of fused-ring (bicyclic) bond motifs is 5. The third-order valence-corrected chi connectivity index (χ3v) is 12.9. The van der Waals surface area contributed by atoms with Crippen molar-refractivity contribution in [2.45, 2.75) is 59.3 Å². The van der Waals surface area contributed by atoms with E-state index in [1.54, 1.807) is 0 Å². The van der Waals surface area contributed by atoms with E-state index in [0.717, 1.165) is 72.4 Å². The van der Waals surface area contributed by atoms with Crippen LogP contribution in [0.5, 0.6) is 11.5 Å². The molecule has 0 N–H and O–H groups in total. The molecule has 7 aromatic carbocycles. The third-order valence-electron chi connectivity index (χ3n) is 12.9. The maximum absolute atomic E-state index is 6.68. The molecule has 0 bridgehead atoms. The molecule has 6 nitrogen and oxygen atoms in total. The Labute approximate surface area is 413 Å². The molecule has 0 aliphatic carbocycles. The van der Waals surface area contributed by atoms with Gasteiger partial charge in [-0.25, -0.2) is 4.98 Å². The molecule has 7 heteroatoms. The van der Waals surface area contributed by atoms with E-state index in [1.165, 1.54) is 22.3 Å². The summed E-state index contributed by atoms with van der Waals surface area (Å²) in [5, 5.41) is 2.17. The summed E-state index contributed by atoms with van der Waals surface area (Å²) in [6.07, 6.45) is 6.18. The maximum atomic E-state index is 6.68. The minimum atomic E-state index is 0. The van der Waals surface area contributed by atoms with Gasteiger partial charge in [0.2, 0.25) is 0 Å². The van der Waals surface area contributed by atoms with Gasteiger partial charge >= 0.3 is 0 Å². The minimum absolute atomic E-state index is 0. The fourth-order valence-corrected chi connectivity index (χ4v) is 9.25. The first-order valence-electron chi connectivity index (χ1n) is 23.0. The fourth-order valence-electron chi connectivity index (χ4n) is 9.25. The largest absolute Gasteiger partial charge is 0.509 e. The number of para-hydroxylation sites is 2. The van der Waals surface area contributed by atoms with Gasteiger partial charge in [-0.1, -0.05) is 150 Å². The summed E-state index contributed by atoms with van der Waals surface area (Å²) in [5.74, 6) is 1.99. The van der Waals surface area contributed by atoms with Crippen molar-refractivity contribution >= 4 is 44.2 Å². The quantitative estimate of drug-likeness (QED) is 0.112. The Morgan fingerprint density at radius 2 is 1.15 bits per heavy atom. The Balaban J connectivity index is 0.00000539. The molecule has 340 valence electrons. The molecule has 0 atom stereocenters. The van der Waals surface area contributed by atoms with E-state index in [9.17, 15) is 0 Å². The average molecular weight is 978 g/mol. The molecule has 10 aromatic rings. The summed E-state index contributed by atoms with van der Waals surface area (Å²) >= 11 is 0. The Morgan fingerprint density at radius 3 is 1.85 bits per heavy atom. The van der Waals surface area contributed by atoms with Crippen LogP contribution in [0, 0.1) is 25.7 Å². The number of hydrogen-bond donors (Lipinski definition) is 0. The number of ether oxygens (including phenoxy) is 1. The van der Waals surface area contributed by atoms with Gasteiger partial charge in [-0.3, -0.25) is 0 Å². The monoisotopic (exact) mass is 976 g/mol. The number of nitrogens with zero attached hydrogens (tertiary/aromatic N) is 5. The van der Waals surface area contributed by atoms with Crippen molar-refractivity contribution in [2.24, 2.45) is 0 Å². The van der Waals surface area contributed by atoms with Gasteiger partial charge in [0.25, 0.3) is 0 Å². The van der Waals surface area contributed by atoms with Crippen molar-refractivity contribution in [3.63, 3.8) is 0 Å². The second kappa shape index (κ2) is 17.5. The van der Waals surface area contributed by atoms with Crippen LogP contribution in [0.25, 0.3) is 66.6 Å². The number of aromatic nitrogens is 3. The summed E-state index contributed by atoms with van der Waals surface area (Å²) in [6, 6.07) is 65.0. The van der Waals surface area contributed by atoms with Gasteiger partial charge in [-0.05, 0) is 99.9 Å². The predicted molar refractivity (Wildman–Crippen MR) is 277 cm³/mol. The number of aryl methyl sites for hydroxylation is 1. The molecule has 0 saturated carbocycles. The van der Waals surface area contributed by atoms with Crippen LogP contribution in [0.1, 0.15) is 58.2 Å². The number of rotatable bonds is 8. The topological polar surface area (TPSA) is 38.5 Å². The summed E-state index contributed by atoms with van der Waals surface area (Å²) < 4.78 is 11.3. The first kappa shape index (κ1) is 44.7. The molecule has 3 aromatic heterocycles. The molecule has 0 spiro atoms. The SMILES string of the molecule is Cc1cc(-n2c3[c-]c(Oc4[c-]c(N5C=CN(c6cc(C(C)(C)C)cc(C(C)(C)C)c6)[CH-]5)ccc4)ccc3c3c2c2ccccc2n3-c2ccccc2)ncc1-c1ccc(-c2ccccc2)cc1.[Pd]. The first-order valence-corrected chi connectivity index (χ1v) is 23.0. The Morgan fingerprint density at radius 1 is 0.529 bits per heavy atom. The molecule has 0 unspecified atom stereocenters. The van der Waals surface area contributed by atoms with Gasteiger partial charge in [0.1, 0.15) is 5.82 Å². The first-order chi connectivity index (χ1) is 32.4. The average Bonchev–Trinajstić information content (AvgIpc) is 4.05. The fraction of sp³-hybridized carbons (Fsp3) is 0.148. The van der Waals surface area contributed by atoms with Gasteiger partial charge in [0.05, 0.1) is 11.0 Å². The zero-order valence-electron chi connectivity index (χ0n) is 39.4. The molecule has 0 radical (unpaired) electrons. The van der Waals surface area contributed by atoms with Gasteiger partial charge < -0.3 is 23.7 Å². The van der Waals surface area contributed by atoms with Crippen LogP contribution in [-0.2, 0) is 31.3 Å². The molecular formula is C61H52N5OPd-3. The molecule has 11 rings (SSSR count). The third kappa shape index (κ3) is 8.21. The van der Waals surface area contributed by atoms with Crippen molar-refractivity contribution < 1.29 is 25.2 Å². The number of anilines is 2. The molecule has 0 fully saturated rings. The second-order valence-corrected chi connectivity index (χ2v) is 19.6. The van der Waals surface area contributed by atoms with Crippen LogP contribution in [0.2, 0.25) is 0 Å². The summed E-state index contributed by atoms with van der Waals surface area (Å²) in [7, 11) is 0. The summed E-state index contributed by atoms with van der Waals surface area (Å²) in [5.41, 5.74) is 15.6. The van der Waals surface area contributed by atoms with Crippen LogP contribution < -0.4 is 14.5 Å². The molecule has 68 heavy (non-hydrogen) atoms. The van der Waals surface area contributed by atoms with E-state index < -0.39 is 0 Å². The van der Waals surface area contributed by atoms with E-state index >= 15 is 0 Å². The van der Waals surface area contributed by atoms with E-state index in [-0.39, 0.29) is 31.3 Å². The van der Waals surface area contributed by atoms with Crippen LogP contribution in [-0.4, -0.2) is 14.1 Å². The molecule has 0 amide bonds. The van der Waals surface area contributed by atoms with Gasteiger partial charge in [0.15, 0.2) is 0 Å². The van der Waals surface area contributed by atoms with E-state index in [2.05, 4.69) is 238 Å². The standard InChI is InChI=1S/C61H52N5O.Pd/c1-41-33-57(62-39-54(41)44-27-25-43(26-28-44)42-17-10-8-11-18-42)66-56-38-51(29-30-53(56)58-59(66)52-23-14-15-24-55(52)65(58)47-19-12-9-13-20-47)67-50-22-16-21-48(37-50)63-31-32-64(40-63)49-35-45(60(2,3)4)34-46(36-49)61(5,6)7;/h8-36,39-40H,1-7H3;/q-3;. The van der Waals surface area contributed by atoms with Crippen LogP contribution in [0.3, 0.4) is 0 Å². The van der Waals surface area contributed by atoms with Gasteiger partial charge in [0, 0.05) is 66.0 Å². The normalized spacial score (nSPS) is 12.9. The molecule has 1 aliphatic rings. The minimum Gasteiger partial charge on any atom is -0.509 e. The van der Waals surface area contributed by atoms with Crippen molar-refractivity contribution in [1.29, 1.82) is 0 Å². The number of pyridine rings is 1.